The first kappa shape index (κ1) is 12.8. The van der Waals surface area contributed by atoms with E-state index in [9.17, 15) is 4.39 Å². The molecule has 1 aromatic rings. The normalized spacial score (nSPS) is 22.1. The van der Waals surface area contributed by atoms with Crippen molar-refractivity contribution in [2.24, 2.45) is 5.73 Å². The number of hydrogen-bond donors (Lipinski definition) is 1. The molecule has 0 saturated carbocycles. The van der Waals surface area contributed by atoms with Crippen LogP contribution in [0.2, 0.25) is 0 Å². The fourth-order valence-electron chi connectivity index (χ4n) is 2.81. The van der Waals surface area contributed by atoms with Gasteiger partial charge in [0.25, 0.3) is 0 Å². The summed E-state index contributed by atoms with van der Waals surface area (Å²) in [7, 11) is 0. The van der Waals surface area contributed by atoms with Crippen LogP contribution in [0.3, 0.4) is 0 Å². The van der Waals surface area contributed by atoms with Gasteiger partial charge in [0.05, 0.1) is 18.9 Å². The number of piperidine rings is 1. The Balaban J connectivity index is 1.71. The van der Waals surface area contributed by atoms with E-state index < -0.39 is 5.79 Å². The second kappa shape index (κ2) is 5.07. The Kier molecular flexibility index (Phi) is 3.43. The molecule has 3 rings (SSSR count). The number of halogens is 1. The van der Waals surface area contributed by atoms with Crippen LogP contribution < -0.4 is 10.6 Å². The van der Waals surface area contributed by atoms with Gasteiger partial charge in [-0.3, -0.25) is 0 Å². The van der Waals surface area contributed by atoms with Crippen molar-refractivity contribution in [3.63, 3.8) is 0 Å². The quantitative estimate of drug-likeness (QED) is 0.884. The van der Waals surface area contributed by atoms with Crippen LogP contribution in [0, 0.1) is 5.82 Å². The summed E-state index contributed by atoms with van der Waals surface area (Å²) in [5.41, 5.74) is 6.97. The molecule has 4 nitrogen and oxygen atoms in total. The van der Waals surface area contributed by atoms with Crippen LogP contribution in [0.5, 0.6) is 0 Å². The summed E-state index contributed by atoms with van der Waals surface area (Å²) in [5, 5.41) is 0. The summed E-state index contributed by atoms with van der Waals surface area (Å²) in [6.45, 7) is 3.19. The molecule has 0 bridgehead atoms. The van der Waals surface area contributed by atoms with Gasteiger partial charge in [-0.15, -0.1) is 0 Å². The van der Waals surface area contributed by atoms with E-state index in [1.165, 1.54) is 6.07 Å². The average molecular weight is 266 g/mol. The molecule has 2 fully saturated rings. The Bertz CT molecular complexity index is 451. The lowest BCUT2D eigenvalue weighted by Gasteiger charge is -2.38. The van der Waals surface area contributed by atoms with Crippen LogP contribution in [-0.2, 0) is 16.0 Å². The molecular weight excluding hydrogens is 247 g/mol. The largest absolute Gasteiger partial charge is 0.369 e. The maximum absolute atomic E-state index is 14.0. The van der Waals surface area contributed by atoms with Gasteiger partial charge in [0, 0.05) is 32.5 Å². The molecule has 104 valence electrons. The number of anilines is 1. The zero-order valence-corrected chi connectivity index (χ0v) is 10.9. The summed E-state index contributed by atoms with van der Waals surface area (Å²) in [4.78, 5) is 2.05. The molecule has 0 amide bonds. The van der Waals surface area contributed by atoms with E-state index >= 15 is 0 Å². The van der Waals surface area contributed by atoms with Gasteiger partial charge >= 0.3 is 0 Å². The van der Waals surface area contributed by atoms with Gasteiger partial charge in [0.15, 0.2) is 5.79 Å². The van der Waals surface area contributed by atoms with Gasteiger partial charge in [0.2, 0.25) is 0 Å². The van der Waals surface area contributed by atoms with Gasteiger partial charge in [-0.25, -0.2) is 4.39 Å². The van der Waals surface area contributed by atoms with Crippen LogP contribution >= 0.6 is 0 Å². The topological polar surface area (TPSA) is 47.7 Å². The molecule has 0 aliphatic carbocycles. The first-order chi connectivity index (χ1) is 9.22. The van der Waals surface area contributed by atoms with Gasteiger partial charge < -0.3 is 20.1 Å². The van der Waals surface area contributed by atoms with Crippen molar-refractivity contribution < 1.29 is 13.9 Å². The highest BCUT2D eigenvalue weighted by Gasteiger charge is 2.40. The van der Waals surface area contributed by atoms with E-state index in [1.54, 1.807) is 0 Å². The Morgan fingerprint density at radius 2 is 1.89 bits per heavy atom. The maximum atomic E-state index is 14.0. The fourth-order valence-corrected chi connectivity index (χ4v) is 2.81. The fraction of sp³-hybridized carbons (Fsp3) is 0.571. The van der Waals surface area contributed by atoms with E-state index in [0.717, 1.165) is 31.5 Å². The minimum absolute atomic E-state index is 0.202. The second-order valence-corrected chi connectivity index (χ2v) is 5.08. The molecule has 0 unspecified atom stereocenters. The second-order valence-electron chi connectivity index (χ2n) is 5.08. The monoisotopic (exact) mass is 266 g/mol. The molecule has 2 N–H and O–H groups in total. The summed E-state index contributed by atoms with van der Waals surface area (Å²) in [6, 6.07) is 5.21. The molecule has 1 spiro atoms. The molecule has 0 aromatic heterocycles. The SMILES string of the molecule is NCc1ccc(N2CCC3(CC2)OCCO3)c(F)c1. The van der Waals surface area contributed by atoms with Crippen molar-refractivity contribution in [1.82, 2.24) is 0 Å². The van der Waals surface area contributed by atoms with Gasteiger partial charge in [0.1, 0.15) is 5.82 Å². The van der Waals surface area contributed by atoms with E-state index in [-0.39, 0.29) is 5.82 Å². The molecule has 2 saturated heterocycles. The lowest BCUT2D eigenvalue weighted by Crippen LogP contribution is -2.45. The van der Waals surface area contributed by atoms with Crippen molar-refractivity contribution in [1.29, 1.82) is 0 Å². The number of ether oxygens (including phenoxy) is 2. The molecule has 0 atom stereocenters. The van der Waals surface area contributed by atoms with Crippen molar-refractivity contribution in [3.8, 4) is 0 Å². The molecule has 19 heavy (non-hydrogen) atoms. The van der Waals surface area contributed by atoms with Crippen molar-refractivity contribution >= 4 is 5.69 Å². The molecule has 0 radical (unpaired) electrons. The van der Waals surface area contributed by atoms with Crippen LogP contribution in [-0.4, -0.2) is 32.1 Å². The van der Waals surface area contributed by atoms with Crippen LogP contribution in [0.4, 0.5) is 10.1 Å². The highest BCUT2D eigenvalue weighted by molar-refractivity contribution is 5.49. The zero-order chi connectivity index (χ0) is 13.3. The Labute approximate surface area is 112 Å². The molecule has 2 aliphatic heterocycles. The van der Waals surface area contributed by atoms with Gasteiger partial charge in [-0.1, -0.05) is 6.07 Å². The van der Waals surface area contributed by atoms with E-state index in [1.807, 2.05) is 17.0 Å². The third kappa shape index (κ3) is 2.45. The Morgan fingerprint density at radius 1 is 1.21 bits per heavy atom. The van der Waals surface area contributed by atoms with Crippen LogP contribution in [0.15, 0.2) is 18.2 Å². The molecule has 2 heterocycles. The third-order valence-electron chi connectivity index (χ3n) is 3.93. The first-order valence-corrected chi connectivity index (χ1v) is 6.74. The summed E-state index contributed by atoms with van der Waals surface area (Å²) < 4.78 is 25.4. The maximum Gasteiger partial charge on any atom is 0.171 e. The molecule has 2 aliphatic rings. The van der Waals surface area contributed by atoms with Gasteiger partial charge in [-0.2, -0.15) is 0 Å². The highest BCUT2D eigenvalue weighted by atomic mass is 19.1. The summed E-state index contributed by atoms with van der Waals surface area (Å²) in [5.74, 6) is -0.614. The van der Waals surface area contributed by atoms with Crippen LogP contribution in [0.25, 0.3) is 0 Å². The van der Waals surface area contributed by atoms with Crippen molar-refractivity contribution in [2.75, 3.05) is 31.2 Å². The third-order valence-corrected chi connectivity index (χ3v) is 3.93. The lowest BCUT2D eigenvalue weighted by atomic mass is 10.0. The van der Waals surface area contributed by atoms with E-state index in [2.05, 4.69) is 0 Å². The van der Waals surface area contributed by atoms with Gasteiger partial charge in [-0.05, 0) is 17.7 Å². The summed E-state index contributed by atoms with van der Waals surface area (Å²) in [6.07, 6.45) is 1.57. The zero-order valence-electron chi connectivity index (χ0n) is 10.9. The molecular formula is C14H19FN2O2. The molecule has 1 aromatic carbocycles. The Morgan fingerprint density at radius 3 is 2.47 bits per heavy atom. The van der Waals surface area contributed by atoms with Crippen molar-refractivity contribution in [3.05, 3.63) is 29.6 Å². The minimum atomic E-state index is -0.413. The first-order valence-electron chi connectivity index (χ1n) is 6.74. The number of hydrogen-bond acceptors (Lipinski definition) is 4. The number of rotatable bonds is 2. The number of nitrogens with two attached hydrogens (primary N) is 1. The predicted octanol–water partition coefficient (Wildman–Crippen LogP) is 1.63. The number of benzene rings is 1. The minimum Gasteiger partial charge on any atom is -0.369 e. The smallest absolute Gasteiger partial charge is 0.171 e. The lowest BCUT2D eigenvalue weighted by molar-refractivity contribution is -0.169. The average Bonchev–Trinajstić information content (AvgIpc) is 2.88. The van der Waals surface area contributed by atoms with Crippen molar-refractivity contribution in [2.45, 2.75) is 25.2 Å². The van der Waals surface area contributed by atoms with E-state index in [4.69, 9.17) is 15.2 Å². The number of nitrogens with zero attached hydrogens (tertiary/aromatic N) is 1. The Hall–Kier alpha value is -1.17. The standard InChI is InChI=1S/C14H19FN2O2/c15-12-9-11(10-16)1-2-13(12)17-5-3-14(4-6-17)18-7-8-19-14/h1-2,9H,3-8,10,16H2. The highest BCUT2D eigenvalue weighted by Crippen LogP contribution is 2.34. The van der Waals surface area contributed by atoms with E-state index in [0.29, 0.717) is 25.4 Å². The predicted molar refractivity (Wildman–Crippen MR) is 70.4 cm³/mol. The van der Waals surface area contributed by atoms with Crippen LogP contribution in [0.1, 0.15) is 18.4 Å². The molecule has 5 heteroatoms. The summed E-state index contributed by atoms with van der Waals surface area (Å²) >= 11 is 0.